The van der Waals surface area contributed by atoms with Gasteiger partial charge in [0, 0.05) is 22.1 Å². The quantitative estimate of drug-likeness (QED) is 0.896. The second-order valence-corrected chi connectivity index (χ2v) is 5.78. The molecule has 1 aromatic heterocycles. The summed E-state index contributed by atoms with van der Waals surface area (Å²) in [5, 5.41) is 4.39. The summed E-state index contributed by atoms with van der Waals surface area (Å²) in [5.41, 5.74) is 1.29. The highest BCUT2D eigenvalue weighted by molar-refractivity contribution is 9.10. The second kappa shape index (κ2) is 6.92. The van der Waals surface area contributed by atoms with E-state index in [0.29, 0.717) is 0 Å². The third kappa shape index (κ3) is 3.83. The van der Waals surface area contributed by atoms with Crippen molar-refractivity contribution in [1.82, 2.24) is 10.3 Å². The van der Waals surface area contributed by atoms with Crippen LogP contribution in [0.15, 0.2) is 57.0 Å². The summed E-state index contributed by atoms with van der Waals surface area (Å²) in [5.74, 6) is 0. The van der Waals surface area contributed by atoms with E-state index < -0.39 is 0 Å². The standard InChI is InChI=1S/C14H15BrN2S/c1-2-16-10-11-9-12(15)6-7-13(11)18-14-5-3-4-8-17-14/h3-9,16H,2,10H2,1H3. The first-order chi connectivity index (χ1) is 8.79. The van der Waals surface area contributed by atoms with Crippen molar-refractivity contribution in [3.05, 3.63) is 52.6 Å². The molecule has 0 atom stereocenters. The molecule has 1 aromatic carbocycles. The SMILES string of the molecule is CCNCc1cc(Br)ccc1Sc1ccccn1. The zero-order valence-electron chi connectivity index (χ0n) is 10.2. The molecular formula is C14H15BrN2S. The Hall–Kier alpha value is -0.840. The van der Waals surface area contributed by atoms with Crippen LogP contribution in [0.1, 0.15) is 12.5 Å². The average Bonchev–Trinajstić information content (AvgIpc) is 2.40. The molecule has 0 spiro atoms. The molecule has 0 aliphatic heterocycles. The van der Waals surface area contributed by atoms with E-state index in [1.807, 2.05) is 24.4 Å². The Bertz CT molecular complexity index is 502. The lowest BCUT2D eigenvalue weighted by atomic mass is 10.2. The van der Waals surface area contributed by atoms with Gasteiger partial charge in [0.1, 0.15) is 5.03 Å². The maximum Gasteiger partial charge on any atom is 0.101 e. The minimum atomic E-state index is 0.880. The number of hydrogen-bond donors (Lipinski definition) is 1. The Kier molecular flexibility index (Phi) is 5.23. The van der Waals surface area contributed by atoms with Crippen molar-refractivity contribution >= 4 is 27.7 Å². The van der Waals surface area contributed by atoms with Gasteiger partial charge in [-0.25, -0.2) is 4.98 Å². The molecule has 0 aliphatic rings. The predicted molar refractivity (Wildman–Crippen MR) is 79.9 cm³/mol. The van der Waals surface area contributed by atoms with Gasteiger partial charge in [0.05, 0.1) is 0 Å². The van der Waals surface area contributed by atoms with Crippen LogP contribution in [0.25, 0.3) is 0 Å². The van der Waals surface area contributed by atoms with Crippen molar-refractivity contribution < 1.29 is 0 Å². The Labute approximate surface area is 120 Å². The van der Waals surface area contributed by atoms with Crippen molar-refractivity contribution in [3.8, 4) is 0 Å². The van der Waals surface area contributed by atoms with Crippen LogP contribution < -0.4 is 5.32 Å². The largest absolute Gasteiger partial charge is 0.313 e. The molecule has 1 heterocycles. The van der Waals surface area contributed by atoms with Crippen LogP contribution >= 0.6 is 27.7 Å². The van der Waals surface area contributed by atoms with Gasteiger partial charge in [-0.05, 0) is 42.4 Å². The lowest BCUT2D eigenvalue weighted by molar-refractivity contribution is 0.717. The first kappa shape index (κ1) is 13.6. The molecule has 2 nitrogen and oxygen atoms in total. The van der Waals surface area contributed by atoms with Crippen LogP contribution in [0, 0.1) is 0 Å². The predicted octanol–water partition coefficient (Wildman–Crippen LogP) is 4.10. The third-order valence-corrected chi connectivity index (χ3v) is 4.00. The molecule has 94 valence electrons. The van der Waals surface area contributed by atoms with Crippen LogP contribution in [0.5, 0.6) is 0 Å². The fraction of sp³-hybridized carbons (Fsp3) is 0.214. The number of pyridine rings is 1. The molecule has 0 radical (unpaired) electrons. The van der Waals surface area contributed by atoms with E-state index in [9.17, 15) is 0 Å². The maximum absolute atomic E-state index is 4.35. The molecule has 2 rings (SSSR count). The van der Waals surface area contributed by atoms with Crippen LogP contribution in [0.3, 0.4) is 0 Å². The van der Waals surface area contributed by atoms with Crippen molar-refractivity contribution in [1.29, 1.82) is 0 Å². The van der Waals surface area contributed by atoms with E-state index in [-0.39, 0.29) is 0 Å². The monoisotopic (exact) mass is 322 g/mol. The van der Waals surface area contributed by atoms with Crippen molar-refractivity contribution in [3.63, 3.8) is 0 Å². The highest BCUT2D eigenvalue weighted by atomic mass is 79.9. The van der Waals surface area contributed by atoms with Gasteiger partial charge in [-0.1, -0.05) is 40.7 Å². The zero-order valence-corrected chi connectivity index (χ0v) is 12.6. The van der Waals surface area contributed by atoms with E-state index in [0.717, 1.165) is 22.6 Å². The molecule has 0 fully saturated rings. The first-order valence-electron chi connectivity index (χ1n) is 5.87. The molecule has 0 unspecified atom stereocenters. The van der Waals surface area contributed by atoms with Gasteiger partial charge in [-0.15, -0.1) is 0 Å². The number of nitrogens with zero attached hydrogens (tertiary/aromatic N) is 1. The van der Waals surface area contributed by atoms with Crippen LogP contribution in [-0.4, -0.2) is 11.5 Å². The lowest BCUT2D eigenvalue weighted by Crippen LogP contribution is -2.12. The molecule has 2 aromatic rings. The zero-order chi connectivity index (χ0) is 12.8. The molecule has 0 saturated heterocycles. The average molecular weight is 323 g/mol. The summed E-state index contributed by atoms with van der Waals surface area (Å²) in [6.45, 7) is 3.97. The molecular weight excluding hydrogens is 308 g/mol. The first-order valence-corrected chi connectivity index (χ1v) is 7.48. The van der Waals surface area contributed by atoms with E-state index in [1.165, 1.54) is 10.5 Å². The van der Waals surface area contributed by atoms with Crippen LogP contribution in [0.2, 0.25) is 0 Å². The fourth-order valence-electron chi connectivity index (χ4n) is 1.57. The van der Waals surface area contributed by atoms with Crippen LogP contribution in [0.4, 0.5) is 0 Å². The van der Waals surface area contributed by atoms with Crippen molar-refractivity contribution in [2.75, 3.05) is 6.54 Å². The maximum atomic E-state index is 4.35. The fourth-order valence-corrected chi connectivity index (χ4v) is 2.86. The second-order valence-electron chi connectivity index (χ2n) is 3.80. The van der Waals surface area contributed by atoms with E-state index >= 15 is 0 Å². The Morgan fingerprint density at radius 1 is 1.28 bits per heavy atom. The topological polar surface area (TPSA) is 24.9 Å². The molecule has 4 heteroatoms. The number of halogens is 1. The van der Waals surface area contributed by atoms with Gasteiger partial charge in [0.15, 0.2) is 0 Å². The highest BCUT2D eigenvalue weighted by Gasteiger charge is 2.05. The Morgan fingerprint density at radius 2 is 2.17 bits per heavy atom. The number of aromatic nitrogens is 1. The molecule has 1 N–H and O–H groups in total. The molecule has 0 saturated carbocycles. The van der Waals surface area contributed by atoms with Gasteiger partial charge in [0.25, 0.3) is 0 Å². The summed E-state index contributed by atoms with van der Waals surface area (Å²) < 4.78 is 1.11. The molecule has 0 aliphatic carbocycles. The highest BCUT2D eigenvalue weighted by Crippen LogP contribution is 2.30. The third-order valence-electron chi connectivity index (χ3n) is 2.44. The van der Waals surface area contributed by atoms with Gasteiger partial charge in [-0.2, -0.15) is 0 Å². The van der Waals surface area contributed by atoms with E-state index in [1.54, 1.807) is 11.8 Å². The smallest absolute Gasteiger partial charge is 0.101 e. The Morgan fingerprint density at radius 3 is 2.89 bits per heavy atom. The molecule has 0 amide bonds. The van der Waals surface area contributed by atoms with Gasteiger partial charge in [0.2, 0.25) is 0 Å². The van der Waals surface area contributed by atoms with E-state index in [2.05, 4.69) is 51.4 Å². The minimum Gasteiger partial charge on any atom is -0.313 e. The van der Waals surface area contributed by atoms with Gasteiger partial charge < -0.3 is 5.32 Å². The molecule has 0 bridgehead atoms. The van der Waals surface area contributed by atoms with Crippen molar-refractivity contribution in [2.24, 2.45) is 0 Å². The number of hydrogen-bond acceptors (Lipinski definition) is 3. The summed E-state index contributed by atoms with van der Waals surface area (Å²) in [7, 11) is 0. The number of rotatable bonds is 5. The lowest BCUT2D eigenvalue weighted by Gasteiger charge is -2.09. The summed E-state index contributed by atoms with van der Waals surface area (Å²) in [4.78, 5) is 5.60. The summed E-state index contributed by atoms with van der Waals surface area (Å²) >= 11 is 5.22. The van der Waals surface area contributed by atoms with Crippen LogP contribution in [-0.2, 0) is 6.54 Å². The van der Waals surface area contributed by atoms with Crippen molar-refractivity contribution in [2.45, 2.75) is 23.4 Å². The summed E-state index contributed by atoms with van der Waals surface area (Å²) in [6, 6.07) is 12.3. The normalized spacial score (nSPS) is 10.6. The summed E-state index contributed by atoms with van der Waals surface area (Å²) in [6.07, 6.45) is 1.82. The number of benzene rings is 1. The minimum absolute atomic E-state index is 0.880. The Balaban J connectivity index is 2.21. The molecule has 18 heavy (non-hydrogen) atoms. The number of nitrogens with one attached hydrogen (secondary N) is 1. The van der Waals surface area contributed by atoms with E-state index in [4.69, 9.17) is 0 Å². The van der Waals surface area contributed by atoms with Gasteiger partial charge in [-0.3, -0.25) is 0 Å². The van der Waals surface area contributed by atoms with Gasteiger partial charge >= 0.3 is 0 Å².